The molecule has 2 rings (SSSR count). The van der Waals surface area contributed by atoms with Crippen LogP contribution in [0.3, 0.4) is 0 Å². The molecule has 2 heteroatoms. The lowest BCUT2D eigenvalue weighted by molar-refractivity contribution is 0.381. The Bertz CT molecular complexity index is 358. The minimum Gasteiger partial charge on any atom is -0.496 e. The highest BCUT2D eigenvalue weighted by molar-refractivity contribution is 5.45. The van der Waals surface area contributed by atoms with E-state index in [0.717, 1.165) is 5.75 Å². The maximum absolute atomic E-state index is 5.47. The molecule has 76 valence electrons. The molecule has 0 saturated carbocycles. The summed E-state index contributed by atoms with van der Waals surface area (Å²) < 4.78 is 10.7. The molecule has 1 aliphatic rings. The van der Waals surface area contributed by atoms with E-state index in [1.807, 2.05) is 6.07 Å². The van der Waals surface area contributed by atoms with Crippen LogP contribution in [-0.2, 0) is 4.74 Å². The number of methoxy groups -OCH3 is 1. The fraction of sp³-hybridized carbons (Fsp3) is 0.500. The zero-order chi connectivity index (χ0) is 10.3. The maximum Gasteiger partial charge on any atom is 0.122 e. The van der Waals surface area contributed by atoms with Crippen molar-refractivity contribution in [2.24, 2.45) is 0 Å². The first-order valence-corrected chi connectivity index (χ1v) is 4.94. The highest BCUT2D eigenvalue weighted by Gasteiger charge is 2.37. The minimum absolute atomic E-state index is 0.305. The molecule has 2 nitrogen and oxygen atoms in total. The van der Waals surface area contributed by atoms with Gasteiger partial charge in [0.2, 0.25) is 0 Å². The molecule has 14 heavy (non-hydrogen) atoms. The molecule has 2 unspecified atom stereocenters. The van der Waals surface area contributed by atoms with Crippen LogP contribution >= 0.6 is 0 Å². The van der Waals surface area contributed by atoms with Crippen LogP contribution in [0.2, 0.25) is 0 Å². The van der Waals surface area contributed by atoms with Crippen molar-refractivity contribution in [3.05, 3.63) is 28.8 Å². The molecule has 0 aromatic heterocycles. The maximum atomic E-state index is 5.47. The quantitative estimate of drug-likeness (QED) is 0.672. The zero-order valence-electron chi connectivity index (χ0n) is 9.13. The molecule has 0 amide bonds. The highest BCUT2D eigenvalue weighted by Crippen LogP contribution is 2.41. The van der Waals surface area contributed by atoms with E-state index in [9.17, 15) is 0 Å². The Kier molecular flexibility index (Phi) is 2.23. The molecule has 1 aromatic carbocycles. The van der Waals surface area contributed by atoms with Gasteiger partial charge in [-0.1, -0.05) is 6.07 Å². The van der Waals surface area contributed by atoms with E-state index >= 15 is 0 Å². The standard InChI is InChI=1S/C12H16O2/c1-7-8(2)11(13-4)6-5-10(7)12-9(3)14-12/h5-6,9,12H,1-4H3. The normalized spacial score (nSPS) is 24.9. The first-order valence-electron chi connectivity index (χ1n) is 4.94. The van der Waals surface area contributed by atoms with E-state index in [-0.39, 0.29) is 0 Å². The SMILES string of the molecule is COc1ccc(C2OC2C)c(C)c1C. The molecule has 1 heterocycles. The van der Waals surface area contributed by atoms with E-state index in [1.54, 1.807) is 7.11 Å². The summed E-state index contributed by atoms with van der Waals surface area (Å²) in [5.74, 6) is 0.958. The van der Waals surface area contributed by atoms with Gasteiger partial charge >= 0.3 is 0 Å². The van der Waals surface area contributed by atoms with Crippen LogP contribution < -0.4 is 4.74 Å². The average molecular weight is 192 g/mol. The van der Waals surface area contributed by atoms with Crippen LogP contribution in [-0.4, -0.2) is 13.2 Å². The highest BCUT2D eigenvalue weighted by atomic mass is 16.6. The second-order valence-electron chi connectivity index (χ2n) is 3.87. The number of hydrogen-bond donors (Lipinski definition) is 0. The minimum atomic E-state index is 0.305. The van der Waals surface area contributed by atoms with Gasteiger partial charge in [-0.25, -0.2) is 0 Å². The second-order valence-corrected chi connectivity index (χ2v) is 3.87. The van der Waals surface area contributed by atoms with Gasteiger partial charge in [-0.15, -0.1) is 0 Å². The number of hydrogen-bond acceptors (Lipinski definition) is 2. The number of ether oxygens (including phenoxy) is 2. The Morgan fingerprint density at radius 1 is 1.21 bits per heavy atom. The molecule has 0 radical (unpaired) electrons. The Morgan fingerprint density at radius 2 is 1.86 bits per heavy atom. The fourth-order valence-corrected chi connectivity index (χ4v) is 1.86. The number of rotatable bonds is 2. The third kappa shape index (κ3) is 1.40. The van der Waals surface area contributed by atoms with Gasteiger partial charge in [-0.05, 0) is 43.5 Å². The van der Waals surface area contributed by atoms with Gasteiger partial charge in [0.25, 0.3) is 0 Å². The van der Waals surface area contributed by atoms with Crippen LogP contribution in [0.1, 0.15) is 29.7 Å². The third-order valence-corrected chi connectivity index (χ3v) is 3.02. The van der Waals surface area contributed by atoms with Crippen molar-refractivity contribution < 1.29 is 9.47 Å². The molecule has 1 aliphatic heterocycles. The van der Waals surface area contributed by atoms with Gasteiger partial charge in [-0.3, -0.25) is 0 Å². The molecule has 1 saturated heterocycles. The zero-order valence-corrected chi connectivity index (χ0v) is 9.13. The van der Waals surface area contributed by atoms with Crippen molar-refractivity contribution in [3.8, 4) is 5.75 Å². The van der Waals surface area contributed by atoms with Crippen molar-refractivity contribution in [2.75, 3.05) is 7.11 Å². The van der Waals surface area contributed by atoms with E-state index in [2.05, 4.69) is 26.8 Å². The molecular weight excluding hydrogens is 176 g/mol. The molecule has 0 aliphatic carbocycles. The molecule has 0 spiro atoms. The Labute approximate surface area is 84.8 Å². The molecule has 1 aromatic rings. The van der Waals surface area contributed by atoms with Gasteiger partial charge in [-0.2, -0.15) is 0 Å². The monoisotopic (exact) mass is 192 g/mol. The molecule has 0 bridgehead atoms. The van der Waals surface area contributed by atoms with Crippen molar-refractivity contribution in [1.82, 2.24) is 0 Å². The predicted molar refractivity (Wildman–Crippen MR) is 55.8 cm³/mol. The van der Waals surface area contributed by atoms with Crippen molar-refractivity contribution >= 4 is 0 Å². The summed E-state index contributed by atoms with van der Waals surface area (Å²) in [6.45, 7) is 6.32. The Balaban J connectivity index is 2.39. The van der Waals surface area contributed by atoms with Crippen molar-refractivity contribution in [2.45, 2.75) is 33.0 Å². The average Bonchev–Trinajstić information content (AvgIpc) is 2.87. The second kappa shape index (κ2) is 3.28. The third-order valence-electron chi connectivity index (χ3n) is 3.02. The van der Waals surface area contributed by atoms with Crippen molar-refractivity contribution in [1.29, 1.82) is 0 Å². The van der Waals surface area contributed by atoms with Crippen LogP contribution in [0.25, 0.3) is 0 Å². The van der Waals surface area contributed by atoms with E-state index in [0.29, 0.717) is 12.2 Å². The van der Waals surface area contributed by atoms with Crippen LogP contribution in [0.5, 0.6) is 5.75 Å². The molecule has 0 N–H and O–H groups in total. The van der Waals surface area contributed by atoms with Gasteiger partial charge in [0, 0.05) is 0 Å². The van der Waals surface area contributed by atoms with Crippen LogP contribution in [0, 0.1) is 13.8 Å². The summed E-state index contributed by atoms with van der Waals surface area (Å²) in [5.41, 5.74) is 3.81. The first-order chi connectivity index (χ1) is 6.65. The topological polar surface area (TPSA) is 21.8 Å². The van der Waals surface area contributed by atoms with Gasteiger partial charge < -0.3 is 9.47 Å². The van der Waals surface area contributed by atoms with E-state index in [1.165, 1.54) is 16.7 Å². The molecule has 1 fully saturated rings. The summed E-state index contributed by atoms with van der Waals surface area (Å²) in [6, 6.07) is 4.13. The first kappa shape index (κ1) is 9.53. The van der Waals surface area contributed by atoms with Gasteiger partial charge in [0.1, 0.15) is 11.9 Å². The van der Waals surface area contributed by atoms with E-state index in [4.69, 9.17) is 9.47 Å². The van der Waals surface area contributed by atoms with Crippen molar-refractivity contribution in [3.63, 3.8) is 0 Å². The summed E-state index contributed by atoms with van der Waals surface area (Å²) in [7, 11) is 1.71. The molecule has 2 atom stereocenters. The van der Waals surface area contributed by atoms with E-state index < -0.39 is 0 Å². The number of benzene rings is 1. The summed E-state index contributed by atoms with van der Waals surface area (Å²) in [4.78, 5) is 0. The lowest BCUT2D eigenvalue weighted by atomic mass is 9.99. The van der Waals surface area contributed by atoms with Gasteiger partial charge in [0.15, 0.2) is 0 Å². The summed E-state index contributed by atoms with van der Waals surface area (Å²) >= 11 is 0. The van der Waals surface area contributed by atoms with Crippen LogP contribution in [0.4, 0.5) is 0 Å². The number of epoxide rings is 1. The lowest BCUT2D eigenvalue weighted by Crippen LogP contribution is -1.95. The predicted octanol–water partition coefficient (Wildman–Crippen LogP) is 2.77. The van der Waals surface area contributed by atoms with Gasteiger partial charge in [0.05, 0.1) is 13.2 Å². The Hall–Kier alpha value is -1.02. The largest absolute Gasteiger partial charge is 0.496 e. The summed E-state index contributed by atoms with van der Waals surface area (Å²) in [5, 5.41) is 0. The fourth-order valence-electron chi connectivity index (χ4n) is 1.86. The Morgan fingerprint density at radius 3 is 2.36 bits per heavy atom. The van der Waals surface area contributed by atoms with Crippen LogP contribution in [0.15, 0.2) is 12.1 Å². The smallest absolute Gasteiger partial charge is 0.122 e. The molecular formula is C12H16O2. The summed E-state index contributed by atoms with van der Waals surface area (Å²) in [6.07, 6.45) is 0.682. The lowest BCUT2D eigenvalue weighted by Gasteiger charge is -2.10.